The van der Waals surface area contributed by atoms with E-state index in [-0.39, 0.29) is 18.4 Å². The molecule has 0 spiro atoms. The van der Waals surface area contributed by atoms with E-state index >= 15 is 0 Å². The Hall–Kier alpha value is -2.89. The Morgan fingerprint density at radius 1 is 1.19 bits per heavy atom. The van der Waals surface area contributed by atoms with Crippen molar-refractivity contribution in [3.8, 4) is 0 Å². The maximum absolute atomic E-state index is 13.2. The lowest BCUT2D eigenvalue weighted by molar-refractivity contribution is 0.103. The summed E-state index contributed by atoms with van der Waals surface area (Å²) in [5.74, 6) is 0.728. The van der Waals surface area contributed by atoms with Gasteiger partial charge in [-0.2, -0.15) is 0 Å². The summed E-state index contributed by atoms with van der Waals surface area (Å²) in [5.41, 5.74) is 4.51. The first-order valence-corrected chi connectivity index (χ1v) is 11.5. The van der Waals surface area contributed by atoms with Crippen LogP contribution in [0.4, 0.5) is 11.5 Å². The summed E-state index contributed by atoms with van der Waals surface area (Å²) in [5, 5.41) is 13.7. The maximum Gasteiger partial charge on any atom is 0.193 e. The smallest absolute Gasteiger partial charge is 0.193 e. The average Bonchev–Trinajstić information content (AvgIpc) is 3.28. The molecule has 6 heteroatoms. The van der Waals surface area contributed by atoms with Gasteiger partial charge < -0.3 is 15.3 Å². The van der Waals surface area contributed by atoms with E-state index in [1.165, 1.54) is 0 Å². The molecule has 2 N–H and O–H groups in total. The minimum Gasteiger partial charge on any atom is -0.396 e. The summed E-state index contributed by atoms with van der Waals surface area (Å²) in [6.45, 7) is 3.78. The Morgan fingerprint density at radius 3 is 2.81 bits per heavy atom. The summed E-state index contributed by atoms with van der Waals surface area (Å²) in [6.07, 6.45) is 4.00. The van der Waals surface area contributed by atoms with Crippen LogP contribution in [0.3, 0.4) is 0 Å². The highest BCUT2D eigenvalue weighted by Gasteiger charge is 2.25. The van der Waals surface area contributed by atoms with Crippen molar-refractivity contribution < 1.29 is 9.90 Å². The number of benzene rings is 2. The minimum absolute atomic E-state index is 0.0268. The monoisotopic (exact) mass is 449 g/mol. The number of aryl methyl sites for hydroxylation is 1. The highest BCUT2D eigenvalue weighted by Crippen LogP contribution is 2.29. The van der Waals surface area contributed by atoms with Crippen LogP contribution in [-0.2, 0) is 12.8 Å². The third kappa shape index (κ3) is 4.79. The van der Waals surface area contributed by atoms with E-state index in [0.717, 1.165) is 48.3 Å². The second-order valence-corrected chi connectivity index (χ2v) is 8.47. The van der Waals surface area contributed by atoms with Crippen LogP contribution in [0, 0.1) is 0 Å². The quantitative estimate of drug-likeness (QED) is 0.485. The Bertz CT molecular complexity index is 1100. The number of aromatic nitrogens is 1. The molecule has 1 aromatic heterocycles. The molecule has 3 aromatic rings. The number of hydrogen-bond donors (Lipinski definition) is 2. The number of pyridine rings is 1. The number of aliphatic hydroxyl groups excluding tert-OH is 1. The topological polar surface area (TPSA) is 65.5 Å². The molecule has 0 aliphatic carbocycles. The molecule has 5 nitrogen and oxygen atoms in total. The standard InChI is InChI=1S/C26H28ClN3O2/c1-2-18-6-3-4-7-22(18)25(32)20-9-10-24(19(16-20)12-15-31)30-14-11-21(17-30)29-26-23(27)8-5-13-28-26/h3-10,13,16,21,31H,2,11-12,14-15,17H2,1H3,(H,28,29)/t21-/m0/s1. The van der Waals surface area contributed by atoms with E-state index in [9.17, 15) is 9.90 Å². The van der Waals surface area contributed by atoms with Crippen LogP contribution in [0.15, 0.2) is 60.8 Å². The van der Waals surface area contributed by atoms with Gasteiger partial charge in [-0.1, -0.05) is 42.8 Å². The van der Waals surface area contributed by atoms with Gasteiger partial charge in [-0.25, -0.2) is 4.98 Å². The summed E-state index contributed by atoms with van der Waals surface area (Å²) < 4.78 is 0. The van der Waals surface area contributed by atoms with Crippen LogP contribution < -0.4 is 10.2 Å². The van der Waals surface area contributed by atoms with Crippen molar-refractivity contribution in [1.29, 1.82) is 0 Å². The number of halogens is 1. The molecule has 1 saturated heterocycles. The van der Waals surface area contributed by atoms with Gasteiger partial charge in [0.2, 0.25) is 0 Å². The number of anilines is 2. The Morgan fingerprint density at radius 2 is 2.03 bits per heavy atom. The predicted molar refractivity (Wildman–Crippen MR) is 130 cm³/mol. The normalized spacial score (nSPS) is 15.7. The zero-order chi connectivity index (χ0) is 22.5. The molecule has 2 heterocycles. The summed E-state index contributed by atoms with van der Waals surface area (Å²) in [4.78, 5) is 19.8. The van der Waals surface area contributed by atoms with Crippen molar-refractivity contribution >= 4 is 28.9 Å². The second kappa shape index (κ2) is 10.2. The number of rotatable bonds is 8. The summed E-state index contributed by atoms with van der Waals surface area (Å²) >= 11 is 6.24. The third-order valence-electron chi connectivity index (χ3n) is 5.99. The lowest BCUT2D eigenvalue weighted by Crippen LogP contribution is -2.27. The zero-order valence-corrected chi connectivity index (χ0v) is 19.0. The van der Waals surface area contributed by atoms with Gasteiger partial charge in [-0.3, -0.25) is 4.79 Å². The number of hydrogen-bond acceptors (Lipinski definition) is 5. The van der Waals surface area contributed by atoms with Crippen LogP contribution in [0.2, 0.25) is 5.02 Å². The van der Waals surface area contributed by atoms with E-state index < -0.39 is 0 Å². The average molecular weight is 450 g/mol. The van der Waals surface area contributed by atoms with Gasteiger partial charge in [0.25, 0.3) is 0 Å². The van der Waals surface area contributed by atoms with Gasteiger partial charge in [-0.15, -0.1) is 0 Å². The van der Waals surface area contributed by atoms with Crippen molar-refractivity contribution in [2.45, 2.75) is 32.2 Å². The lowest BCUT2D eigenvalue weighted by atomic mass is 9.95. The van der Waals surface area contributed by atoms with Crippen molar-refractivity contribution in [2.24, 2.45) is 0 Å². The highest BCUT2D eigenvalue weighted by atomic mass is 35.5. The van der Waals surface area contributed by atoms with Crippen LogP contribution >= 0.6 is 11.6 Å². The Balaban J connectivity index is 1.55. The molecule has 1 aliphatic rings. The van der Waals surface area contributed by atoms with Crippen LogP contribution in [0.25, 0.3) is 0 Å². The molecule has 1 fully saturated rings. The molecular formula is C26H28ClN3O2. The lowest BCUT2D eigenvalue weighted by Gasteiger charge is -2.23. The minimum atomic E-state index is 0.0268. The number of carbonyl (C=O) groups excluding carboxylic acids is 1. The number of carbonyl (C=O) groups is 1. The third-order valence-corrected chi connectivity index (χ3v) is 6.30. The number of aliphatic hydroxyl groups is 1. The van der Waals surface area contributed by atoms with Gasteiger partial charge >= 0.3 is 0 Å². The first kappa shape index (κ1) is 22.3. The zero-order valence-electron chi connectivity index (χ0n) is 18.2. The van der Waals surface area contributed by atoms with Gasteiger partial charge in [0.05, 0.1) is 5.02 Å². The van der Waals surface area contributed by atoms with Gasteiger partial charge in [0.15, 0.2) is 5.78 Å². The number of ketones is 1. The van der Waals surface area contributed by atoms with Crippen molar-refractivity contribution in [3.05, 3.63) is 88.1 Å². The van der Waals surface area contributed by atoms with Gasteiger partial charge in [-0.05, 0) is 60.7 Å². The molecule has 166 valence electrons. The first-order chi connectivity index (χ1) is 15.6. The van der Waals surface area contributed by atoms with E-state index in [4.69, 9.17) is 11.6 Å². The Kier molecular flexibility index (Phi) is 7.08. The van der Waals surface area contributed by atoms with Crippen LogP contribution in [0.5, 0.6) is 0 Å². The second-order valence-electron chi connectivity index (χ2n) is 8.07. The van der Waals surface area contributed by atoms with E-state index in [1.807, 2.05) is 54.6 Å². The molecule has 1 atom stereocenters. The fourth-order valence-corrected chi connectivity index (χ4v) is 4.52. The van der Waals surface area contributed by atoms with E-state index in [1.54, 1.807) is 6.20 Å². The molecule has 4 rings (SSSR count). The van der Waals surface area contributed by atoms with Gasteiger partial charge in [0, 0.05) is 48.7 Å². The van der Waals surface area contributed by atoms with E-state index in [2.05, 4.69) is 22.1 Å². The highest BCUT2D eigenvalue weighted by molar-refractivity contribution is 6.32. The summed E-state index contributed by atoms with van der Waals surface area (Å²) in [6, 6.07) is 17.5. The molecule has 0 bridgehead atoms. The van der Waals surface area contributed by atoms with Crippen molar-refractivity contribution in [1.82, 2.24) is 4.98 Å². The Labute approximate surface area is 194 Å². The van der Waals surface area contributed by atoms with Crippen molar-refractivity contribution in [3.63, 3.8) is 0 Å². The molecule has 32 heavy (non-hydrogen) atoms. The molecule has 1 aliphatic heterocycles. The number of nitrogens with one attached hydrogen (secondary N) is 1. The fraction of sp³-hybridized carbons (Fsp3) is 0.308. The number of nitrogens with zero attached hydrogens (tertiary/aromatic N) is 2. The SMILES string of the molecule is CCc1ccccc1C(=O)c1ccc(N2CC[C@H](Nc3ncccc3Cl)C2)c(CCO)c1. The van der Waals surface area contributed by atoms with Gasteiger partial charge in [0.1, 0.15) is 5.82 Å². The van der Waals surface area contributed by atoms with Crippen LogP contribution in [-0.4, -0.2) is 41.6 Å². The van der Waals surface area contributed by atoms with E-state index in [0.29, 0.717) is 22.8 Å². The molecular weight excluding hydrogens is 422 g/mol. The maximum atomic E-state index is 13.2. The fourth-order valence-electron chi connectivity index (χ4n) is 4.34. The molecule has 2 aromatic carbocycles. The molecule has 0 radical (unpaired) electrons. The summed E-state index contributed by atoms with van der Waals surface area (Å²) in [7, 11) is 0. The molecule has 0 unspecified atom stereocenters. The van der Waals surface area contributed by atoms with Crippen LogP contribution in [0.1, 0.15) is 40.4 Å². The molecule has 0 amide bonds. The predicted octanol–water partition coefficient (Wildman–Crippen LogP) is 4.75. The van der Waals surface area contributed by atoms with Crippen molar-refractivity contribution in [2.75, 3.05) is 29.9 Å². The molecule has 0 saturated carbocycles. The first-order valence-electron chi connectivity index (χ1n) is 11.1. The largest absolute Gasteiger partial charge is 0.396 e.